The molecule has 2 heterocycles. The highest BCUT2D eigenvalue weighted by molar-refractivity contribution is 6.06. The minimum atomic E-state index is -0.652. The maximum atomic E-state index is 13.5. The number of carbonyl (C=O) groups excluding carboxylic acids is 1. The lowest BCUT2D eigenvalue weighted by Gasteiger charge is -2.30. The monoisotopic (exact) mass is 445 g/mol. The molecule has 168 valence electrons. The topological polar surface area (TPSA) is 110 Å². The van der Waals surface area contributed by atoms with Crippen molar-refractivity contribution in [3.63, 3.8) is 0 Å². The van der Waals surface area contributed by atoms with Crippen molar-refractivity contribution in [3.05, 3.63) is 71.1 Å². The number of benzene rings is 2. The SMILES string of the molecule is COc1cc([C@@H]2C(C(=O)Nc3ccccc3)=C(C)Nc3c(C#N)cnn32)cc(OC)c1OC. The zero-order valence-corrected chi connectivity index (χ0v) is 18.7. The van der Waals surface area contributed by atoms with Gasteiger partial charge in [0.05, 0.1) is 33.1 Å². The minimum Gasteiger partial charge on any atom is -0.493 e. The Kier molecular flexibility index (Phi) is 5.91. The zero-order valence-electron chi connectivity index (χ0n) is 18.7. The summed E-state index contributed by atoms with van der Waals surface area (Å²) in [4.78, 5) is 13.5. The number of rotatable bonds is 6. The van der Waals surface area contributed by atoms with Gasteiger partial charge in [-0.15, -0.1) is 0 Å². The average molecular weight is 445 g/mol. The van der Waals surface area contributed by atoms with Gasteiger partial charge >= 0.3 is 0 Å². The van der Waals surface area contributed by atoms with Gasteiger partial charge in [0.25, 0.3) is 5.91 Å². The van der Waals surface area contributed by atoms with Gasteiger partial charge in [-0.25, -0.2) is 4.68 Å². The zero-order chi connectivity index (χ0) is 23.5. The number of hydrogen-bond donors (Lipinski definition) is 2. The number of carbonyl (C=O) groups is 1. The smallest absolute Gasteiger partial charge is 0.255 e. The number of ether oxygens (including phenoxy) is 3. The molecule has 2 N–H and O–H groups in total. The molecule has 1 aliphatic rings. The third-order valence-corrected chi connectivity index (χ3v) is 5.42. The van der Waals surface area contributed by atoms with E-state index in [0.29, 0.717) is 51.2 Å². The number of fused-ring (bicyclic) bond motifs is 1. The van der Waals surface area contributed by atoms with E-state index < -0.39 is 6.04 Å². The Labute approximate surface area is 191 Å². The molecule has 0 aliphatic carbocycles. The quantitative estimate of drug-likeness (QED) is 0.595. The Balaban J connectivity index is 1.89. The number of nitriles is 1. The molecular formula is C24H23N5O4. The van der Waals surface area contributed by atoms with Gasteiger partial charge in [0.1, 0.15) is 23.5 Å². The van der Waals surface area contributed by atoms with E-state index in [0.717, 1.165) is 0 Å². The van der Waals surface area contributed by atoms with Crippen LogP contribution in [-0.4, -0.2) is 37.0 Å². The van der Waals surface area contributed by atoms with Gasteiger partial charge in [0.15, 0.2) is 11.5 Å². The Morgan fingerprint density at radius 1 is 1.12 bits per heavy atom. The summed E-state index contributed by atoms with van der Waals surface area (Å²) in [6.07, 6.45) is 1.47. The molecule has 0 bridgehead atoms. The lowest BCUT2D eigenvalue weighted by atomic mass is 9.93. The minimum absolute atomic E-state index is 0.301. The van der Waals surface area contributed by atoms with Crippen LogP contribution in [0.5, 0.6) is 17.2 Å². The lowest BCUT2D eigenvalue weighted by molar-refractivity contribution is -0.113. The summed E-state index contributed by atoms with van der Waals surface area (Å²) < 4.78 is 18.1. The van der Waals surface area contributed by atoms with Crippen LogP contribution in [0, 0.1) is 11.3 Å². The lowest BCUT2D eigenvalue weighted by Crippen LogP contribution is -2.31. The number of aromatic nitrogens is 2. The number of amides is 1. The molecule has 4 rings (SSSR count). The van der Waals surface area contributed by atoms with Crippen molar-refractivity contribution in [1.82, 2.24) is 9.78 Å². The molecule has 3 aromatic rings. The van der Waals surface area contributed by atoms with E-state index in [1.165, 1.54) is 27.5 Å². The van der Waals surface area contributed by atoms with Crippen LogP contribution in [-0.2, 0) is 4.79 Å². The highest BCUT2D eigenvalue weighted by Crippen LogP contribution is 2.44. The van der Waals surface area contributed by atoms with Crippen LogP contribution in [0.25, 0.3) is 0 Å². The number of nitrogens with zero attached hydrogens (tertiary/aromatic N) is 3. The van der Waals surface area contributed by atoms with Gasteiger partial charge in [0.2, 0.25) is 5.75 Å². The van der Waals surface area contributed by atoms with Gasteiger partial charge < -0.3 is 24.8 Å². The molecule has 1 aliphatic heterocycles. The summed E-state index contributed by atoms with van der Waals surface area (Å²) in [6.45, 7) is 1.79. The van der Waals surface area contributed by atoms with Crippen LogP contribution in [0.3, 0.4) is 0 Å². The van der Waals surface area contributed by atoms with Crippen LogP contribution in [0.4, 0.5) is 11.5 Å². The number of methoxy groups -OCH3 is 3. The summed E-state index contributed by atoms with van der Waals surface area (Å²) in [5.41, 5.74) is 2.75. The fourth-order valence-corrected chi connectivity index (χ4v) is 3.92. The van der Waals surface area contributed by atoms with E-state index in [1.54, 1.807) is 23.7 Å². The van der Waals surface area contributed by atoms with E-state index in [4.69, 9.17) is 14.2 Å². The molecule has 0 spiro atoms. The van der Waals surface area contributed by atoms with Crippen LogP contribution >= 0.6 is 0 Å². The van der Waals surface area contributed by atoms with Crippen molar-refractivity contribution in [3.8, 4) is 23.3 Å². The van der Waals surface area contributed by atoms with Gasteiger partial charge in [-0.1, -0.05) is 18.2 Å². The van der Waals surface area contributed by atoms with Crippen molar-refractivity contribution < 1.29 is 19.0 Å². The van der Waals surface area contributed by atoms with E-state index in [-0.39, 0.29) is 5.91 Å². The molecule has 1 atom stereocenters. The summed E-state index contributed by atoms with van der Waals surface area (Å²) in [7, 11) is 4.58. The highest BCUT2D eigenvalue weighted by Gasteiger charge is 2.35. The van der Waals surface area contributed by atoms with Crippen LogP contribution in [0.2, 0.25) is 0 Å². The fourth-order valence-electron chi connectivity index (χ4n) is 3.92. The normalized spacial score (nSPS) is 14.6. The standard InChI is InChI=1S/C24H23N5O4/c1-14-20(24(30)28-17-8-6-5-7-9-17)21(29-23(27-14)16(12-25)13-26-29)15-10-18(31-2)22(33-4)19(11-15)32-3/h5-11,13,21,27H,1-4H3,(H,28,30)/t21-/m1/s1. The number of allylic oxidation sites excluding steroid dienone is 1. The number of nitrogens with one attached hydrogen (secondary N) is 2. The molecule has 0 saturated carbocycles. The first-order valence-electron chi connectivity index (χ1n) is 10.1. The molecule has 1 amide bonds. The van der Waals surface area contributed by atoms with Gasteiger partial charge in [-0.05, 0) is 36.8 Å². The van der Waals surface area contributed by atoms with Crippen LogP contribution < -0.4 is 24.8 Å². The van der Waals surface area contributed by atoms with E-state index in [1.807, 2.05) is 30.3 Å². The fraction of sp³-hybridized carbons (Fsp3) is 0.208. The van der Waals surface area contributed by atoms with Gasteiger partial charge in [-0.3, -0.25) is 4.79 Å². The van der Waals surface area contributed by atoms with Crippen molar-refractivity contribution in [1.29, 1.82) is 5.26 Å². The van der Waals surface area contributed by atoms with Crippen molar-refractivity contribution >= 4 is 17.4 Å². The summed E-state index contributed by atoms with van der Waals surface area (Å²) >= 11 is 0. The Hall–Kier alpha value is -4.45. The van der Waals surface area contributed by atoms with Crippen LogP contribution in [0.1, 0.15) is 24.1 Å². The molecule has 33 heavy (non-hydrogen) atoms. The van der Waals surface area contributed by atoms with Gasteiger partial charge in [-0.2, -0.15) is 10.4 Å². The van der Waals surface area contributed by atoms with Crippen LogP contribution in [0.15, 0.2) is 59.9 Å². The first-order chi connectivity index (χ1) is 16.0. The number of para-hydroxylation sites is 1. The molecule has 9 nitrogen and oxygen atoms in total. The summed E-state index contributed by atoms with van der Waals surface area (Å²) in [5, 5.41) is 20.1. The molecular weight excluding hydrogens is 422 g/mol. The Bertz CT molecular complexity index is 1250. The third kappa shape index (κ3) is 3.83. The Morgan fingerprint density at radius 3 is 2.36 bits per heavy atom. The molecule has 0 unspecified atom stereocenters. The molecule has 2 aromatic carbocycles. The second-order valence-corrected chi connectivity index (χ2v) is 7.31. The maximum Gasteiger partial charge on any atom is 0.255 e. The largest absolute Gasteiger partial charge is 0.493 e. The summed E-state index contributed by atoms with van der Waals surface area (Å²) in [6, 6.07) is 14.2. The number of anilines is 2. The second kappa shape index (κ2) is 8.96. The maximum absolute atomic E-state index is 13.5. The highest BCUT2D eigenvalue weighted by atomic mass is 16.5. The van der Waals surface area contributed by atoms with E-state index >= 15 is 0 Å². The third-order valence-electron chi connectivity index (χ3n) is 5.42. The molecule has 0 saturated heterocycles. The first kappa shape index (κ1) is 21.8. The Morgan fingerprint density at radius 2 is 1.79 bits per heavy atom. The average Bonchev–Trinajstić information content (AvgIpc) is 3.25. The molecule has 0 fully saturated rings. The predicted octanol–water partition coefficient (Wildman–Crippen LogP) is 3.71. The summed E-state index contributed by atoms with van der Waals surface area (Å²) in [5.74, 6) is 1.53. The molecule has 1 aromatic heterocycles. The van der Waals surface area contributed by atoms with Crippen molar-refractivity contribution in [2.45, 2.75) is 13.0 Å². The van der Waals surface area contributed by atoms with Crippen molar-refractivity contribution in [2.24, 2.45) is 0 Å². The molecule has 9 heteroatoms. The van der Waals surface area contributed by atoms with E-state index in [9.17, 15) is 10.1 Å². The predicted molar refractivity (Wildman–Crippen MR) is 123 cm³/mol. The van der Waals surface area contributed by atoms with Gasteiger partial charge in [0, 0.05) is 11.4 Å². The van der Waals surface area contributed by atoms with Crippen molar-refractivity contribution in [2.75, 3.05) is 32.0 Å². The second-order valence-electron chi connectivity index (χ2n) is 7.31. The number of hydrogen-bond acceptors (Lipinski definition) is 7. The van der Waals surface area contributed by atoms with E-state index in [2.05, 4.69) is 21.8 Å². The molecule has 0 radical (unpaired) electrons. The first-order valence-corrected chi connectivity index (χ1v) is 10.1.